The van der Waals surface area contributed by atoms with E-state index in [9.17, 15) is 5.11 Å². The summed E-state index contributed by atoms with van der Waals surface area (Å²) in [7, 11) is 0. The zero-order valence-corrected chi connectivity index (χ0v) is 10.6. The molecule has 2 aliphatic heterocycles. The second kappa shape index (κ2) is 4.27. The molecule has 0 amide bonds. The van der Waals surface area contributed by atoms with Crippen LogP contribution in [0.25, 0.3) is 0 Å². The van der Waals surface area contributed by atoms with Gasteiger partial charge in [0.2, 0.25) is 0 Å². The fourth-order valence-electron chi connectivity index (χ4n) is 3.37. The van der Waals surface area contributed by atoms with E-state index in [1.54, 1.807) is 0 Å². The lowest BCUT2D eigenvalue weighted by Crippen LogP contribution is -2.49. The van der Waals surface area contributed by atoms with Crippen LogP contribution >= 0.6 is 11.6 Å². The van der Waals surface area contributed by atoms with Crippen molar-refractivity contribution < 1.29 is 5.11 Å². The molecule has 2 nitrogen and oxygen atoms in total. The topological polar surface area (TPSA) is 32.3 Å². The van der Waals surface area contributed by atoms with Gasteiger partial charge in [0.1, 0.15) is 0 Å². The number of halogens is 1. The number of aliphatic hydroxyl groups is 1. The molecular weight excluding hydrogens is 234 g/mol. The minimum atomic E-state index is -0.567. The SMILES string of the molecule is OC1(Cc2ccccc2Cl)CC2CCC(C1)N2. The lowest BCUT2D eigenvalue weighted by molar-refractivity contribution is -0.00607. The number of nitrogens with one attached hydrogen (secondary N) is 1. The average molecular weight is 252 g/mol. The van der Waals surface area contributed by atoms with Crippen molar-refractivity contribution in [3.05, 3.63) is 34.9 Å². The van der Waals surface area contributed by atoms with Crippen LogP contribution in [0.5, 0.6) is 0 Å². The first kappa shape index (κ1) is 11.5. The standard InChI is InChI=1S/C14H18ClNO/c15-13-4-2-1-3-10(13)7-14(17)8-11-5-6-12(9-14)16-11/h1-4,11-12,16-17H,5-9H2. The fraction of sp³-hybridized carbons (Fsp3) is 0.571. The van der Waals surface area contributed by atoms with Crippen LogP contribution in [0.15, 0.2) is 24.3 Å². The number of rotatable bonds is 2. The van der Waals surface area contributed by atoms with Crippen LogP contribution < -0.4 is 5.32 Å². The van der Waals surface area contributed by atoms with E-state index in [4.69, 9.17) is 11.6 Å². The highest BCUT2D eigenvalue weighted by Crippen LogP contribution is 2.36. The molecule has 3 rings (SSSR count). The van der Waals surface area contributed by atoms with Gasteiger partial charge in [0.25, 0.3) is 0 Å². The summed E-state index contributed by atoms with van der Waals surface area (Å²) >= 11 is 6.17. The molecule has 92 valence electrons. The Balaban J connectivity index is 1.78. The molecule has 0 aliphatic carbocycles. The molecule has 2 bridgehead atoms. The van der Waals surface area contributed by atoms with Crippen LogP contribution in [0, 0.1) is 0 Å². The molecular formula is C14H18ClNO. The van der Waals surface area contributed by atoms with Gasteiger partial charge in [-0.3, -0.25) is 0 Å². The molecule has 0 aromatic heterocycles. The quantitative estimate of drug-likeness (QED) is 0.847. The van der Waals surface area contributed by atoms with E-state index in [0.717, 1.165) is 23.4 Å². The largest absolute Gasteiger partial charge is 0.389 e. The average Bonchev–Trinajstić information content (AvgIpc) is 2.62. The highest BCUT2D eigenvalue weighted by Gasteiger charge is 2.42. The summed E-state index contributed by atoms with van der Waals surface area (Å²) in [6.07, 6.45) is 4.80. The van der Waals surface area contributed by atoms with Crippen molar-refractivity contribution in [2.75, 3.05) is 0 Å². The third-order valence-corrected chi connectivity index (χ3v) is 4.43. The van der Waals surface area contributed by atoms with E-state index in [2.05, 4.69) is 5.32 Å². The van der Waals surface area contributed by atoms with Crippen LogP contribution in [0.3, 0.4) is 0 Å². The second-order valence-corrected chi connectivity index (χ2v) is 5.95. The van der Waals surface area contributed by atoms with E-state index in [0.29, 0.717) is 18.5 Å². The first-order valence-electron chi connectivity index (χ1n) is 6.36. The molecule has 2 fully saturated rings. The molecule has 2 unspecified atom stereocenters. The molecule has 1 aromatic rings. The number of fused-ring (bicyclic) bond motifs is 2. The van der Waals surface area contributed by atoms with Gasteiger partial charge in [-0.2, -0.15) is 0 Å². The Bertz CT molecular complexity index is 408. The minimum absolute atomic E-state index is 0.501. The lowest BCUT2D eigenvalue weighted by Gasteiger charge is -2.37. The Morgan fingerprint density at radius 1 is 1.24 bits per heavy atom. The fourth-order valence-corrected chi connectivity index (χ4v) is 3.57. The first-order chi connectivity index (χ1) is 8.15. The van der Waals surface area contributed by atoms with Crippen LogP contribution in [0.2, 0.25) is 5.02 Å². The van der Waals surface area contributed by atoms with Crippen molar-refractivity contribution in [2.24, 2.45) is 0 Å². The molecule has 0 spiro atoms. The van der Waals surface area contributed by atoms with Gasteiger partial charge in [0.05, 0.1) is 5.60 Å². The highest BCUT2D eigenvalue weighted by molar-refractivity contribution is 6.31. The van der Waals surface area contributed by atoms with Crippen LogP contribution in [0.1, 0.15) is 31.2 Å². The normalized spacial score (nSPS) is 36.1. The number of benzene rings is 1. The summed E-state index contributed by atoms with van der Waals surface area (Å²) < 4.78 is 0. The highest BCUT2D eigenvalue weighted by atomic mass is 35.5. The van der Waals surface area contributed by atoms with Crippen molar-refractivity contribution in [1.29, 1.82) is 0 Å². The molecule has 2 N–H and O–H groups in total. The van der Waals surface area contributed by atoms with Crippen molar-refractivity contribution in [3.63, 3.8) is 0 Å². The molecule has 2 aliphatic rings. The number of hydrogen-bond acceptors (Lipinski definition) is 2. The zero-order valence-electron chi connectivity index (χ0n) is 9.82. The number of hydrogen-bond donors (Lipinski definition) is 2. The molecule has 17 heavy (non-hydrogen) atoms. The summed E-state index contributed by atoms with van der Waals surface area (Å²) in [5, 5.41) is 15.1. The van der Waals surface area contributed by atoms with Crippen LogP contribution in [-0.2, 0) is 6.42 Å². The van der Waals surface area contributed by atoms with Gasteiger partial charge in [-0.15, -0.1) is 0 Å². The summed E-state index contributed by atoms with van der Waals surface area (Å²) in [6, 6.07) is 8.84. The molecule has 2 heterocycles. The molecule has 2 saturated heterocycles. The van der Waals surface area contributed by atoms with Gasteiger partial charge in [0.15, 0.2) is 0 Å². The maximum Gasteiger partial charge on any atom is 0.0718 e. The molecule has 0 saturated carbocycles. The molecule has 2 atom stereocenters. The Hall–Kier alpha value is -0.570. The zero-order chi connectivity index (χ0) is 11.9. The number of piperidine rings is 1. The van der Waals surface area contributed by atoms with Crippen LogP contribution in [-0.4, -0.2) is 22.8 Å². The van der Waals surface area contributed by atoms with Gasteiger partial charge >= 0.3 is 0 Å². The minimum Gasteiger partial charge on any atom is -0.389 e. The Labute approximate surface area is 107 Å². The van der Waals surface area contributed by atoms with Crippen molar-refractivity contribution in [3.8, 4) is 0 Å². The maximum atomic E-state index is 10.7. The van der Waals surface area contributed by atoms with Gasteiger partial charge in [-0.25, -0.2) is 0 Å². The first-order valence-corrected chi connectivity index (χ1v) is 6.74. The van der Waals surface area contributed by atoms with Gasteiger partial charge in [0, 0.05) is 23.5 Å². The Morgan fingerprint density at radius 2 is 1.88 bits per heavy atom. The van der Waals surface area contributed by atoms with Crippen molar-refractivity contribution in [2.45, 2.75) is 49.8 Å². The van der Waals surface area contributed by atoms with E-state index in [-0.39, 0.29) is 0 Å². The predicted molar refractivity (Wildman–Crippen MR) is 69.3 cm³/mol. The Kier molecular flexibility index (Phi) is 2.89. The summed E-state index contributed by atoms with van der Waals surface area (Å²) in [6.45, 7) is 0. The summed E-state index contributed by atoms with van der Waals surface area (Å²) in [5.74, 6) is 0. The van der Waals surface area contributed by atoms with Gasteiger partial charge < -0.3 is 10.4 Å². The lowest BCUT2D eigenvalue weighted by atomic mass is 9.82. The third kappa shape index (κ3) is 2.35. The van der Waals surface area contributed by atoms with Crippen molar-refractivity contribution >= 4 is 11.6 Å². The van der Waals surface area contributed by atoms with Crippen molar-refractivity contribution in [1.82, 2.24) is 5.32 Å². The third-order valence-electron chi connectivity index (χ3n) is 4.07. The molecule has 1 aromatic carbocycles. The smallest absolute Gasteiger partial charge is 0.0718 e. The monoisotopic (exact) mass is 251 g/mol. The van der Waals surface area contributed by atoms with E-state index < -0.39 is 5.60 Å². The Morgan fingerprint density at radius 3 is 2.53 bits per heavy atom. The van der Waals surface area contributed by atoms with E-state index in [1.807, 2.05) is 24.3 Å². The predicted octanol–water partition coefficient (Wildman–Crippen LogP) is 2.53. The van der Waals surface area contributed by atoms with Gasteiger partial charge in [-0.05, 0) is 37.3 Å². The van der Waals surface area contributed by atoms with Crippen LogP contribution in [0.4, 0.5) is 0 Å². The second-order valence-electron chi connectivity index (χ2n) is 5.54. The molecule has 0 radical (unpaired) electrons. The summed E-state index contributed by atoms with van der Waals surface area (Å²) in [4.78, 5) is 0. The van der Waals surface area contributed by atoms with E-state index in [1.165, 1.54) is 12.8 Å². The molecule has 3 heteroatoms. The van der Waals surface area contributed by atoms with Gasteiger partial charge in [-0.1, -0.05) is 29.8 Å². The summed E-state index contributed by atoms with van der Waals surface area (Å²) in [5.41, 5.74) is 0.500. The maximum absolute atomic E-state index is 10.7. The van der Waals surface area contributed by atoms with E-state index >= 15 is 0 Å².